The zero-order valence-electron chi connectivity index (χ0n) is 13.1. The second-order valence-corrected chi connectivity index (χ2v) is 7.74. The van der Waals surface area contributed by atoms with Gasteiger partial charge in [0, 0.05) is 10.4 Å². The van der Waals surface area contributed by atoms with Crippen molar-refractivity contribution in [1.82, 2.24) is 0 Å². The van der Waals surface area contributed by atoms with Gasteiger partial charge >= 0.3 is 5.97 Å². The molecule has 2 rings (SSSR count). The van der Waals surface area contributed by atoms with Crippen LogP contribution in [-0.4, -0.2) is 26.5 Å². The van der Waals surface area contributed by atoms with E-state index in [4.69, 9.17) is 16.9 Å². The van der Waals surface area contributed by atoms with E-state index in [1.165, 1.54) is 35.7 Å². The number of thiophene rings is 1. The Hall–Kier alpha value is -2.92. The molecule has 0 unspecified atom stereocenters. The maximum absolute atomic E-state index is 12.5. The minimum atomic E-state index is -4.21. The maximum atomic E-state index is 12.5. The molecule has 0 fully saturated rings. The van der Waals surface area contributed by atoms with Gasteiger partial charge in [-0.2, -0.15) is 15.6 Å². The molecule has 0 saturated carbocycles. The number of carbonyl (C=O) groups excluding carboxylic acids is 1. The van der Waals surface area contributed by atoms with Gasteiger partial charge in [0.2, 0.25) is 9.84 Å². The van der Waals surface area contributed by atoms with Crippen molar-refractivity contribution >= 4 is 49.5 Å². The van der Waals surface area contributed by atoms with Crippen molar-refractivity contribution in [2.75, 3.05) is 12.5 Å². The highest BCUT2D eigenvalue weighted by molar-refractivity contribution is 8.07. The minimum Gasteiger partial charge on any atom is -0.465 e. The van der Waals surface area contributed by atoms with Gasteiger partial charge in [0.25, 0.3) is 5.04 Å². The number of rotatable bonds is 4. The fourth-order valence-electron chi connectivity index (χ4n) is 1.77. The molecular weight excluding hydrogens is 400 g/mol. The smallest absolute Gasteiger partial charge is 0.350 e. The number of esters is 1. The molecule has 1 N–H and O–H groups in total. The van der Waals surface area contributed by atoms with E-state index in [1.54, 1.807) is 0 Å². The predicted octanol–water partition coefficient (Wildman–Crippen LogP) is 2.78. The van der Waals surface area contributed by atoms with Gasteiger partial charge in [-0.15, -0.1) is 11.3 Å². The number of nitrogens with one attached hydrogen (secondary N) is 1. The van der Waals surface area contributed by atoms with Crippen molar-refractivity contribution < 1.29 is 17.9 Å². The lowest BCUT2D eigenvalue weighted by atomic mass is 10.3. The van der Waals surface area contributed by atoms with E-state index in [0.717, 1.165) is 18.4 Å². The number of hydrogen-bond acceptors (Lipinski definition) is 9. The molecule has 1 aromatic carbocycles. The van der Waals surface area contributed by atoms with Crippen LogP contribution in [0.5, 0.6) is 0 Å². The average molecular weight is 409 g/mol. The molecule has 0 saturated heterocycles. The van der Waals surface area contributed by atoms with Gasteiger partial charge in [-0.1, -0.05) is 11.6 Å². The Morgan fingerprint density at radius 3 is 2.50 bits per heavy atom. The number of benzene rings is 1. The van der Waals surface area contributed by atoms with Crippen LogP contribution >= 0.6 is 22.9 Å². The number of nitriles is 2. The van der Waals surface area contributed by atoms with Crippen LogP contribution in [-0.2, 0) is 14.6 Å². The van der Waals surface area contributed by atoms with Crippen LogP contribution in [0.15, 0.2) is 39.6 Å². The van der Waals surface area contributed by atoms with Crippen LogP contribution in [0.2, 0.25) is 5.02 Å². The molecule has 11 heteroatoms. The zero-order chi connectivity index (χ0) is 19.3. The van der Waals surface area contributed by atoms with E-state index < -0.39 is 20.9 Å². The number of anilines is 1. The summed E-state index contributed by atoms with van der Waals surface area (Å²) in [4.78, 5) is 11.6. The van der Waals surface area contributed by atoms with E-state index in [2.05, 4.69) is 15.3 Å². The molecule has 0 atom stereocenters. The molecule has 0 bridgehead atoms. The molecule has 2 aromatic rings. The van der Waals surface area contributed by atoms with Crippen molar-refractivity contribution in [3.63, 3.8) is 0 Å². The number of methoxy groups -OCH3 is 1. The van der Waals surface area contributed by atoms with Gasteiger partial charge in [-0.3, -0.25) is 5.43 Å². The van der Waals surface area contributed by atoms with Crippen molar-refractivity contribution in [3.8, 4) is 12.1 Å². The normalized spacial score (nSPS) is 11.3. The minimum absolute atomic E-state index is 0.0222. The van der Waals surface area contributed by atoms with E-state index in [0.29, 0.717) is 5.02 Å². The number of hydrazone groups is 1. The van der Waals surface area contributed by atoms with E-state index in [9.17, 15) is 18.5 Å². The molecule has 26 heavy (non-hydrogen) atoms. The van der Waals surface area contributed by atoms with Crippen LogP contribution in [0.1, 0.15) is 15.2 Å². The molecule has 0 spiro atoms. The highest BCUT2D eigenvalue weighted by Gasteiger charge is 2.24. The van der Waals surface area contributed by atoms with Crippen LogP contribution < -0.4 is 5.43 Å². The Morgan fingerprint density at radius 1 is 1.31 bits per heavy atom. The Labute approximate surface area is 157 Å². The summed E-state index contributed by atoms with van der Waals surface area (Å²) in [6, 6.07) is 8.51. The first-order valence-electron chi connectivity index (χ1n) is 6.69. The van der Waals surface area contributed by atoms with Gasteiger partial charge in [0.05, 0.1) is 23.3 Å². The monoisotopic (exact) mass is 408 g/mol. The lowest BCUT2D eigenvalue weighted by Crippen LogP contribution is -2.15. The van der Waals surface area contributed by atoms with Gasteiger partial charge in [0.15, 0.2) is 0 Å². The third-order valence-corrected chi connectivity index (χ3v) is 5.82. The molecular formula is C15H9ClN4O4S2. The number of halogens is 1. The first-order chi connectivity index (χ1) is 12.3. The molecule has 0 aliphatic rings. The van der Waals surface area contributed by atoms with Crippen LogP contribution in [0, 0.1) is 22.7 Å². The molecule has 0 amide bonds. The number of nitrogens with zero attached hydrogens (tertiary/aromatic N) is 3. The van der Waals surface area contributed by atoms with E-state index >= 15 is 0 Å². The molecule has 8 nitrogen and oxygen atoms in total. The molecule has 1 aromatic heterocycles. The summed E-state index contributed by atoms with van der Waals surface area (Å²) in [5.41, 5.74) is 2.33. The van der Waals surface area contributed by atoms with Crippen molar-refractivity contribution in [2.45, 2.75) is 4.90 Å². The summed E-state index contributed by atoms with van der Waals surface area (Å²) in [6.07, 6.45) is 0. The third kappa shape index (κ3) is 3.83. The first-order valence-corrected chi connectivity index (χ1v) is 9.43. The van der Waals surface area contributed by atoms with Gasteiger partial charge < -0.3 is 4.74 Å². The Balaban J connectivity index is 2.44. The summed E-state index contributed by atoms with van der Waals surface area (Å²) < 4.78 is 29.5. The molecule has 0 aliphatic carbocycles. The lowest BCUT2D eigenvalue weighted by molar-refractivity contribution is 0.0607. The molecule has 1 heterocycles. The number of hydrogen-bond donors (Lipinski definition) is 1. The van der Waals surface area contributed by atoms with Gasteiger partial charge in [-0.05, 0) is 24.3 Å². The third-order valence-electron chi connectivity index (χ3n) is 3.03. The number of carbonyl (C=O) groups is 1. The standard InChI is InChI=1S/C15H9ClN4O4S2/c1-24-15(21)14-13(9(6-17)8-25-14)20-19-12(7-18)26(22,23)11-4-2-10(16)3-5-11/h2-5,8,20H,1H3/b19-12+. The first kappa shape index (κ1) is 19.4. The summed E-state index contributed by atoms with van der Waals surface area (Å²) in [7, 11) is -3.05. The van der Waals surface area contributed by atoms with Gasteiger partial charge in [-0.25, -0.2) is 13.2 Å². The van der Waals surface area contributed by atoms with Crippen LogP contribution in [0.3, 0.4) is 0 Å². The lowest BCUT2D eigenvalue weighted by Gasteiger charge is -2.05. The Bertz CT molecular complexity index is 1060. The summed E-state index contributed by atoms with van der Waals surface area (Å²) in [6.45, 7) is 0. The van der Waals surface area contributed by atoms with E-state index in [1.807, 2.05) is 6.07 Å². The fraction of sp³-hybridized carbons (Fsp3) is 0.0667. The highest BCUT2D eigenvalue weighted by atomic mass is 35.5. The average Bonchev–Trinajstić information content (AvgIpc) is 3.04. The number of ether oxygens (including phenoxy) is 1. The number of sulfone groups is 1. The largest absolute Gasteiger partial charge is 0.465 e. The van der Waals surface area contributed by atoms with Crippen molar-refractivity contribution in [1.29, 1.82) is 10.5 Å². The summed E-state index contributed by atoms with van der Waals surface area (Å²) >= 11 is 6.64. The van der Waals surface area contributed by atoms with Crippen molar-refractivity contribution in [3.05, 3.63) is 45.1 Å². The quantitative estimate of drug-likeness (QED) is 0.356. The zero-order valence-corrected chi connectivity index (χ0v) is 15.4. The summed E-state index contributed by atoms with van der Waals surface area (Å²) in [5.74, 6) is -0.728. The Morgan fingerprint density at radius 2 is 1.96 bits per heavy atom. The van der Waals surface area contributed by atoms with Crippen LogP contribution in [0.4, 0.5) is 5.69 Å². The summed E-state index contributed by atoms with van der Waals surface area (Å²) in [5, 5.41) is 22.7. The molecule has 132 valence electrons. The highest BCUT2D eigenvalue weighted by Crippen LogP contribution is 2.28. The molecule has 0 aliphatic heterocycles. The predicted molar refractivity (Wildman–Crippen MR) is 95.7 cm³/mol. The Kier molecular flexibility index (Phi) is 5.95. The van der Waals surface area contributed by atoms with E-state index in [-0.39, 0.29) is 21.0 Å². The fourth-order valence-corrected chi connectivity index (χ4v) is 3.76. The molecule has 0 radical (unpaired) electrons. The second-order valence-electron chi connectivity index (χ2n) is 4.55. The SMILES string of the molecule is COC(=O)c1scc(C#N)c1N/N=C(\C#N)S(=O)(=O)c1ccc(Cl)cc1. The maximum Gasteiger partial charge on any atom is 0.350 e. The topological polar surface area (TPSA) is 132 Å². The van der Waals surface area contributed by atoms with Gasteiger partial charge in [0.1, 0.15) is 17.0 Å². The van der Waals surface area contributed by atoms with Crippen molar-refractivity contribution in [2.24, 2.45) is 5.10 Å². The van der Waals surface area contributed by atoms with Crippen LogP contribution in [0.25, 0.3) is 0 Å². The second kappa shape index (κ2) is 7.97.